The van der Waals surface area contributed by atoms with Crippen molar-refractivity contribution in [3.8, 4) is 0 Å². The smallest absolute Gasteiger partial charge is 0.140 e. The first-order valence-corrected chi connectivity index (χ1v) is 5.44. The first-order chi connectivity index (χ1) is 7.16. The zero-order valence-corrected chi connectivity index (χ0v) is 8.87. The summed E-state index contributed by atoms with van der Waals surface area (Å²) in [4.78, 5) is 11.8. The number of halogens is 1. The highest BCUT2D eigenvalue weighted by atomic mass is 19.1. The lowest BCUT2D eigenvalue weighted by Crippen LogP contribution is -2.15. The van der Waals surface area contributed by atoms with Crippen LogP contribution in [0.1, 0.15) is 25.3 Å². The van der Waals surface area contributed by atoms with Crippen LogP contribution in [0.2, 0.25) is 0 Å². The molecule has 0 aromatic heterocycles. The van der Waals surface area contributed by atoms with E-state index in [9.17, 15) is 9.18 Å². The van der Waals surface area contributed by atoms with Gasteiger partial charge in [-0.15, -0.1) is 0 Å². The zero-order chi connectivity index (χ0) is 10.8. The summed E-state index contributed by atoms with van der Waals surface area (Å²) in [5.74, 6) is 0.710. The molecule has 1 aliphatic carbocycles. The van der Waals surface area contributed by atoms with Crippen LogP contribution in [0.25, 0.3) is 0 Å². The van der Waals surface area contributed by atoms with Gasteiger partial charge >= 0.3 is 0 Å². The Bertz CT molecular complexity index is 369. The van der Waals surface area contributed by atoms with Crippen LogP contribution >= 0.6 is 0 Å². The maximum Gasteiger partial charge on any atom is 0.140 e. The predicted molar refractivity (Wildman–Crippen MR) is 57.0 cm³/mol. The van der Waals surface area contributed by atoms with E-state index in [2.05, 4.69) is 0 Å². The Morgan fingerprint density at radius 3 is 2.87 bits per heavy atom. The lowest BCUT2D eigenvalue weighted by molar-refractivity contribution is -0.122. The maximum atomic E-state index is 12.9. The monoisotopic (exact) mass is 206 g/mol. The number of Topliss-reactive ketones (excluding diaryl/α,β-unsaturated/α-hetero) is 1. The molecule has 0 amide bonds. The molecule has 1 fully saturated rings. The zero-order valence-electron chi connectivity index (χ0n) is 8.87. The first kappa shape index (κ1) is 10.3. The largest absolute Gasteiger partial charge is 0.299 e. The minimum atomic E-state index is -0.264. The number of hydrogen-bond acceptors (Lipinski definition) is 1. The molecule has 1 saturated carbocycles. The summed E-state index contributed by atoms with van der Waals surface area (Å²) in [6.45, 7) is 1.99. The van der Waals surface area contributed by atoms with Gasteiger partial charge in [-0.3, -0.25) is 4.79 Å². The molecule has 2 rings (SSSR count). The van der Waals surface area contributed by atoms with Crippen LogP contribution in [0.15, 0.2) is 24.3 Å². The SMILES string of the molecule is CC(C(=O)Cc1cccc(F)c1)C1CC1. The highest BCUT2D eigenvalue weighted by molar-refractivity contribution is 5.83. The summed E-state index contributed by atoms with van der Waals surface area (Å²) in [5.41, 5.74) is 0.785. The van der Waals surface area contributed by atoms with E-state index >= 15 is 0 Å². The second-order valence-electron chi connectivity index (χ2n) is 4.40. The van der Waals surface area contributed by atoms with Gasteiger partial charge in [-0.25, -0.2) is 4.39 Å². The van der Waals surface area contributed by atoms with Crippen molar-refractivity contribution in [1.29, 1.82) is 0 Å². The fourth-order valence-electron chi connectivity index (χ4n) is 1.87. The molecular formula is C13H15FO. The number of carbonyl (C=O) groups excluding carboxylic acids is 1. The molecule has 1 aliphatic rings. The summed E-state index contributed by atoms with van der Waals surface area (Å²) in [6.07, 6.45) is 2.72. The van der Waals surface area contributed by atoms with Gasteiger partial charge in [0, 0.05) is 12.3 Å². The van der Waals surface area contributed by atoms with E-state index < -0.39 is 0 Å². The molecule has 0 heterocycles. The minimum Gasteiger partial charge on any atom is -0.299 e. The van der Waals surface area contributed by atoms with Crippen molar-refractivity contribution in [2.75, 3.05) is 0 Å². The van der Waals surface area contributed by atoms with Crippen LogP contribution in [0.5, 0.6) is 0 Å². The predicted octanol–water partition coefficient (Wildman–Crippen LogP) is 2.98. The van der Waals surface area contributed by atoms with Crippen LogP contribution < -0.4 is 0 Å². The molecule has 15 heavy (non-hydrogen) atoms. The van der Waals surface area contributed by atoms with E-state index in [1.807, 2.05) is 6.92 Å². The second-order valence-corrected chi connectivity index (χ2v) is 4.40. The molecule has 80 valence electrons. The molecule has 0 spiro atoms. The molecule has 1 aromatic carbocycles. The van der Waals surface area contributed by atoms with Gasteiger partial charge in [0.25, 0.3) is 0 Å². The average molecular weight is 206 g/mol. The van der Waals surface area contributed by atoms with Gasteiger partial charge in [-0.05, 0) is 36.5 Å². The van der Waals surface area contributed by atoms with Gasteiger partial charge in [0.2, 0.25) is 0 Å². The Labute approximate surface area is 89.3 Å². The van der Waals surface area contributed by atoms with Crippen molar-refractivity contribution in [3.63, 3.8) is 0 Å². The van der Waals surface area contributed by atoms with Crippen LogP contribution in [0.3, 0.4) is 0 Å². The van der Waals surface area contributed by atoms with E-state index in [1.165, 1.54) is 25.0 Å². The molecule has 1 nitrogen and oxygen atoms in total. The number of ketones is 1. The number of carbonyl (C=O) groups is 1. The lowest BCUT2D eigenvalue weighted by atomic mass is 9.95. The molecule has 1 unspecified atom stereocenters. The highest BCUT2D eigenvalue weighted by Gasteiger charge is 2.32. The molecule has 0 radical (unpaired) electrons. The standard InChI is InChI=1S/C13H15FO/c1-9(11-5-6-11)13(15)8-10-3-2-4-12(14)7-10/h2-4,7,9,11H,5-6,8H2,1H3. The van der Waals surface area contributed by atoms with Gasteiger partial charge in [0.15, 0.2) is 0 Å². The Morgan fingerprint density at radius 2 is 2.27 bits per heavy atom. The van der Waals surface area contributed by atoms with E-state index in [0.29, 0.717) is 12.3 Å². The van der Waals surface area contributed by atoms with Crippen LogP contribution in [-0.2, 0) is 11.2 Å². The molecule has 0 saturated heterocycles. The fraction of sp³-hybridized carbons (Fsp3) is 0.462. The lowest BCUT2D eigenvalue weighted by Gasteiger charge is -2.08. The van der Waals surface area contributed by atoms with Crippen LogP contribution in [0.4, 0.5) is 4.39 Å². The van der Waals surface area contributed by atoms with Crippen molar-refractivity contribution in [1.82, 2.24) is 0 Å². The van der Waals surface area contributed by atoms with Gasteiger partial charge in [0.05, 0.1) is 0 Å². The van der Waals surface area contributed by atoms with E-state index in [1.54, 1.807) is 12.1 Å². The van der Waals surface area contributed by atoms with Crippen molar-refractivity contribution in [2.24, 2.45) is 11.8 Å². The number of hydrogen-bond donors (Lipinski definition) is 0. The van der Waals surface area contributed by atoms with E-state index in [4.69, 9.17) is 0 Å². The Hall–Kier alpha value is -1.18. The summed E-state index contributed by atoms with van der Waals surface area (Å²) in [6, 6.07) is 6.30. The third-order valence-electron chi connectivity index (χ3n) is 3.10. The Balaban J connectivity index is 1.98. The van der Waals surface area contributed by atoms with Crippen molar-refractivity contribution >= 4 is 5.78 Å². The summed E-state index contributed by atoms with van der Waals surface area (Å²) >= 11 is 0. The molecule has 0 N–H and O–H groups in total. The fourth-order valence-corrected chi connectivity index (χ4v) is 1.87. The number of benzene rings is 1. The minimum absolute atomic E-state index is 0.147. The van der Waals surface area contributed by atoms with Crippen molar-refractivity contribution < 1.29 is 9.18 Å². The number of rotatable bonds is 4. The topological polar surface area (TPSA) is 17.1 Å². The summed E-state index contributed by atoms with van der Waals surface area (Å²) < 4.78 is 12.9. The molecule has 1 atom stereocenters. The summed E-state index contributed by atoms with van der Waals surface area (Å²) in [5, 5.41) is 0. The molecule has 0 bridgehead atoms. The van der Waals surface area contributed by atoms with Crippen LogP contribution in [-0.4, -0.2) is 5.78 Å². The maximum absolute atomic E-state index is 12.9. The second kappa shape index (κ2) is 4.13. The van der Waals surface area contributed by atoms with E-state index in [0.717, 1.165) is 5.56 Å². The van der Waals surface area contributed by atoms with Crippen LogP contribution in [0, 0.1) is 17.7 Å². The summed E-state index contributed by atoms with van der Waals surface area (Å²) in [7, 11) is 0. The van der Waals surface area contributed by atoms with Gasteiger partial charge < -0.3 is 0 Å². The van der Waals surface area contributed by atoms with Crippen molar-refractivity contribution in [2.45, 2.75) is 26.2 Å². The molecule has 1 aromatic rings. The van der Waals surface area contributed by atoms with Gasteiger partial charge in [-0.2, -0.15) is 0 Å². The average Bonchev–Trinajstić information content (AvgIpc) is 2.99. The molecule has 2 heteroatoms. The third kappa shape index (κ3) is 2.65. The Morgan fingerprint density at radius 1 is 1.53 bits per heavy atom. The Kier molecular flexibility index (Phi) is 2.85. The van der Waals surface area contributed by atoms with Gasteiger partial charge in [-0.1, -0.05) is 19.1 Å². The van der Waals surface area contributed by atoms with E-state index in [-0.39, 0.29) is 17.5 Å². The van der Waals surface area contributed by atoms with Crippen molar-refractivity contribution in [3.05, 3.63) is 35.6 Å². The highest BCUT2D eigenvalue weighted by Crippen LogP contribution is 2.37. The quantitative estimate of drug-likeness (QED) is 0.740. The first-order valence-electron chi connectivity index (χ1n) is 5.44. The third-order valence-corrected chi connectivity index (χ3v) is 3.10. The molecular weight excluding hydrogens is 191 g/mol. The van der Waals surface area contributed by atoms with Gasteiger partial charge in [0.1, 0.15) is 11.6 Å². The molecule has 0 aliphatic heterocycles. The normalized spacial score (nSPS) is 17.5.